The molecule has 0 unspecified atom stereocenters. The Morgan fingerprint density at radius 2 is 2.00 bits per heavy atom. The summed E-state index contributed by atoms with van der Waals surface area (Å²) in [5.41, 5.74) is 1.16. The number of benzene rings is 1. The van der Waals surface area contributed by atoms with Crippen molar-refractivity contribution >= 4 is 11.8 Å². The lowest BCUT2D eigenvalue weighted by Gasteiger charge is -2.23. The van der Waals surface area contributed by atoms with E-state index < -0.39 is 0 Å². The minimum Gasteiger partial charge on any atom is -0.395 e. The number of carbonyl (C=O) groups excluding carboxylic acids is 1. The lowest BCUT2D eigenvalue weighted by molar-refractivity contribution is 0.189. The summed E-state index contributed by atoms with van der Waals surface area (Å²) in [4.78, 5) is 14.1. The SMILES string of the molecule is CC(C)n1nccc1NC(=O)N(CCO)CCc1ccccc1. The lowest BCUT2D eigenvalue weighted by Crippen LogP contribution is -2.39. The van der Waals surface area contributed by atoms with Gasteiger partial charge in [-0.05, 0) is 25.8 Å². The molecule has 124 valence electrons. The van der Waals surface area contributed by atoms with E-state index in [2.05, 4.69) is 10.4 Å². The average molecular weight is 316 g/mol. The Hall–Kier alpha value is -2.34. The molecule has 6 heteroatoms. The minimum atomic E-state index is -0.225. The fraction of sp³-hybridized carbons (Fsp3) is 0.412. The number of anilines is 1. The fourth-order valence-corrected chi connectivity index (χ4v) is 2.36. The Morgan fingerprint density at radius 3 is 2.65 bits per heavy atom. The van der Waals surface area contributed by atoms with Crippen molar-refractivity contribution in [2.45, 2.75) is 26.3 Å². The van der Waals surface area contributed by atoms with Crippen molar-refractivity contribution < 1.29 is 9.90 Å². The van der Waals surface area contributed by atoms with E-state index in [0.29, 0.717) is 18.9 Å². The van der Waals surface area contributed by atoms with Crippen LogP contribution in [0.3, 0.4) is 0 Å². The molecule has 1 heterocycles. The molecule has 0 aliphatic heterocycles. The van der Waals surface area contributed by atoms with Gasteiger partial charge in [0.15, 0.2) is 0 Å². The molecule has 0 radical (unpaired) electrons. The van der Waals surface area contributed by atoms with Gasteiger partial charge in [0.1, 0.15) is 5.82 Å². The molecule has 0 saturated carbocycles. The molecule has 0 aliphatic rings. The van der Waals surface area contributed by atoms with Crippen molar-refractivity contribution in [2.24, 2.45) is 0 Å². The first-order valence-corrected chi connectivity index (χ1v) is 7.86. The van der Waals surface area contributed by atoms with Gasteiger partial charge in [-0.15, -0.1) is 0 Å². The van der Waals surface area contributed by atoms with E-state index >= 15 is 0 Å². The number of rotatable bonds is 7. The molecule has 0 fully saturated rings. The number of aromatic nitrogens is 2. The summed E-state index contributed by atoms with van der Waals surface area (Å²) >= 11 is 0. The van der Waals surface area contributed by atoms with Crippen LogP contribution in [-0.4, -0.2) is 45.5 Å². The van der Waals surface area contributed by atoms with Gasteiger partial charge in [0.05, 0.1) is 12.8 Å². The monoisotopic (exact) mass is 316 g/mol. The first kappa shape index (κ1) is 17.0. The maximum atomic E-state index is 12.5. The van der Waals surface area contributed by atoms with Crippen LogP contribution in [0.2, 0.25) is 0 Å². The summed E-state index contributed by atoms with van der Waals surface area (Å²) in [7, 11) is 0. The van der Waals surface area contributed by atoms with Crippen LogP contribution in [-0.2, 0) is 6.42 Å². The molecule has 2 rings (SSSR count). The Labute approximate surface area is 136 Å². The van der Waals surface area contributed by atoms with Crippen molar-refractivity contribution in [3.05, 3.63) is 48.2 Å². The minimum absolute atomic E-state index is 0.0638. The number of urea groups is 1. The molecular weight excluding hydrogens is 292 g/mol. The smallest absolute Gasteiger partial charge is 0.323 e. The van der Waals surface area contributed by atoms with E-state index in [1.807, 2.05) is 44.2 Å². The van der Waals surface area contributed by atoms with E-state index in [1.165, 1.54) is 0 Å². The van der Waals surface area contributed by atoms with Crippen molar-refractivity contribution in [2.75, 3.05) is 25.0 Å². The van der Waals surface area contributed by atoms with Crippen LogP contribution < -0.4 is 5.32 Å². The average Bonchev–Trinajstić information content (AvgIpc) is 3.00. The number of hydrogen-bond donors (Lipinski definition) is 2. The highest BCUT2D eigenvalue weighted by Crippen LogP contribution is 2.14. The number of hydrogen-bond acceptors (Lipinski definition) is 3. The van der Waals surface area contributed by atoms with Gasteiger partial charge < -0.3 is 10.0 Å². The molecule has 2 amide bonds. The lowest BCUT2D eigenvalue weighted by atomic mass is 10.1. The molecule has 0 aliphatic carbocycles. The van der Waals surface area contributed by atoms with Crippen LogP contribution in [0.4, 0.5) is 10.6 Å². The third-order valence-corrected chi connectivity index (χ3v) is 3.56. The second-order valence-corrected chi connectivity index (χ2v) is 5.63. The van der Waals surface area contributed by atoms with Crippen molar-refractivity contribution in [3.63, 3.8) is 0 Å². The molecule has 1 aromatic carbocycles. The summed E-state index contributed by atoms with van der Waals surface area (Å²) in [6.45, 7) is 4.79. The third kappa shape index (κ3) is 4.82. The van der Waals surface area contributed by atoms with Gasteiger partial charge in [-0.2, -0.15) is 5.10 Å². The molecule has 2 aromatic rings. The number of carbonyl (C=O) groups is 1. The highest BCUT2D eigenvalue weighted by atomic mass is 16.3. The van der Waals surface area contributed by atoms with Gasteiger partial charge in [0.2, 0.25) is 0 Å². The van der Waals surface area contributed by atoms with Crippen LogP contribution in [0.25, 0.3) is 0 Å². The molecule has 0 saturated heterocycles. The number of nitrogens with one attached hydrogen (secondary N) is 1. The standard InChI is InChI=1S/C17H24N4O2/c1-14(2)21-16(8-10-18-21)19-17(23)20(12-13-22)11-9-15-6-4-3-5-7-15/h3-8,10,14,22H,9,11-13H2,1-2H3,(H,19,23). The van der Waals surface area contributed by atoms with E-state index in [-0.39, 0.29) is 18.7 Å². The highest BCUT2D eigenvalue weighted by molar-refractivity contribution is 5.88. The molecular formula is C17H24N4O2. The van der Waals surface area contributed by atoms with Crippen LogP contribution in [0, 0.1) is 0 Å². The Kier molecular flexibility index (Phi) is 6.17. The molecule has 23 heavy (non-hydrogen) atoms. The van der Waals surface area contributed by atoms with Gasteiger partial charge in [0, 0.05) is 25.2 Å². The first-order chi connectivity index (χ1) is 11.1. The normalized spacial score (nSPS) is 10.8. The highest BCUT2D eigenvalue weighted by Gasteiger charge is 2.15. The van der Waals surface area contributed by atoms with E-state index in [1.54, 1.807) is 21.8 Å². The van der Waals surface area contributed by atoms with Crippen molar-refractivity contribution in [3.8, 4) is 0 Å². The predicted octanol–water partition coefficient (Wildman–Crippen LogP) is 2.53. The van der Waals surface area contributed by atoms with Crippen LogP contribution in [0.15, 0.2) is 42.6 Å². The van der Waals surface area contributed by atoms with Gasteiger partial charge in [-0.3, -0.25) is 5.32 Å². The molecule has 0 bridgehead atoms. The Bertz CT molecular complexity index is 610. The number of aliphatic hydroxyl groups is 1. The van der Waals surface area contributed by atoms with Crippen molar-refractivity contribution in [1.82, 2.24) is 14.7 Å². The topological polar surface area (TPSA) is 70.4 Å². The quantitative estimate of drug-likeness (QED) is 0.824. The summed E-state index contributed by atoms with van der Waals surface area (Å²) in [6, 6.07) is 11.7. The Balaban J connectivity index is 1.99. The third-order valence-electron chi connectivity index (χ3n) is 3.56. The van der Waals surface area contributed by atoms with E-state index in [9.17, 15) is 9.90 Å². The summed E-state index contributed by atoms with van der Waals surface area (Å²) < 4.78 is 1.76. The zero-order chi connectivity index (χ0) is 16.7. The van der Waals surface area contributed by atoms with Gasteiger partial charge in [0.25, 0.3) is 0 Å². The first-order valence-electron chi connectivity index (χ1n) is 7.86. The number of amides is 2. The zero-order valence-electron chi connectivity index (χ0n) is 13.6. The van der Waals surface area contributed by atoms with Gasteiger partial charge in [-0.25, -0.2) is 9.48 Å². The molecule has 6 nitrogen and oxygen atoms in total. The Morgan fingerprint density at radius 1 is 1.26 bits per heavy atom. The van der Waals surface area contributed by atoms with E-state index in [4.69, 9.17) is 0 Å². The van der Waals surface area contributed by atoms with Crippen molar-refractivity contribution in [1.29, 1.82) is 0 Å². The molecule has 0 spiro atoms. The van der Waals surface area contributed by atoms with Gasteiger partial charge >= 0.3 is 6.03 Å². The molecule has 1 aromatic heterocycles. The maximum absolute atomic E-state index is 12.5. The van der Waals surface area contributed by atoms with Crippen LogP contribution in [0.5, 0.6) is 0 Å². The second kappa shape index (κ2) is 8.33. The van der Waals surface area contributed by atoms with Crippen LogP contribution >= 0.6 is 0 Å². The molecule has 0 atom stereocenters. The number of nitrogens with zero attached hydrogens (tertiary/aromatic N) is 3. The largest absolute Gasteiger partial charge is 0.395 e. The second-order valence-electron chi connectivity index (χ2n) is 5.63. The maximum Gasteiger partial charge on any atom is 0.323 e. The summed E-state index contributed by atoms with van der Waals surface area (Å²) in [5, 5.41) is 16.3. The predicted molar refractivity (Wildman–Crippen MR) is 90.4 cm³/mol. The van der Waals surface area contributed by atoms with Crippen LogP contribution in [0.1, 0.15) is 25.5 Å². The fourth-order valence-electron chi connectivity index (χ4n) is 2.36. The summed E-state index contributed by atoms with van der Waals surface area (Å²) in [5.74, 6) is 0.660. The van der Waals surface area contributed by atoms with E-state index in [0.717, 1.165) is 12.0 Å². The van der Waals surface area contributed by atoms with Gasteiger partial charge in [-0.1, -0.05) is 30.3 Å². The zero-order valence-corrected chi connectivity index (χ0v) is 13.6. The molecule has 2 N–H and O–H groups in total. The number of aliphatic hydroxyl groups excluding tert-OH is 1. The summed E-state index contributed by atoms with van der Waals surface area (Å²) in [6.07, 6.45) is 2.41.